The molecule has 5 nitrogen and oxygen atoms in total. The predicted molar refractivity (Wildman–Crippen MR) is 71.0 cm³/mol. The van der Waals surface area contributed by atoms with Crippen LogP contribution in [0.4, 0.5) is 0 Å². The Bertz CT molecular complexity index is 544. The van der Waals surface area contributed by atoms with Gasteiger partial charge in [0, 0.05) is 15.8 Å². The number of aromatic amines is 1. The summed E-state index contributed by atoms with van der Waals surface area (Å²) in [5.41, 5.74) is 0. The zero-order valence-electron chi connectivity index (χ0n) is 10.2. The van der Waals surface area contributed by atoms with E-state index in [1.807, 2.05) is 26.0 Å². The molecule has 1 unspecified atom stereocenters. The van der Waals surface area contributed by atoms with Crippen molar-refractivity contribution < 1.29 is 4.79 Å². The second-order valence-corrected chi connectivity index (χ2v) is 5.20. The third-order valence-corrected chi connectivity index (χ3v) is 3.33. The molecule has 2 N–H and O–H groups in total. The highest BCUT2D eigenvalue weighted by molar-refractivity contribution is 7.12. The molecule has 1 atom stereocenters. The molecule has 2 heterocycles. The lowest BCUT2D eigenvalue weighted by Crippen LogP contribution is -2.25. The van der Waals surface area contributed by atoms with Crippen molar-refractivity contribution in [2.45, 2.75) is 19.9 Å². The summed E-state index contributed by atoms with van der Waals surface area (Å²) in [5, 5.41) is 9.27. The highest BCUT2D eigenvalue weighted by Crippen LogP contribution is 2.16. The van der Waals surface area contributed by atoms with E-state index in [-0.39, 0.29) is 11.9 Å². The number of carbonyl (C=O) groups is 1. The van der Waals surface area contributed by atoms with Gasteiger partial charge in [-0.2, -0.15) is 5.10 Å². The Balaban J connectivity index is 1.91. The van der Waals surface area contributed by atoms with Crippen LogP contribution in [0.1, 0.15) is 28.5 Å². The molecule has 0 bridgehead atoms. The van der Waals surface area contributed by atoms with E-state index in [9.17, 15) is 4.79 Å². The van der Waals surface area contributed by atoms with E-state index in [0.29, 0.717) is 5.82 Å². The summed E-state index contributed by atoms with van der Waals surface area (Å²) in [7, 11) is 0. The Morgan fingerprint density at radius 3 is 3.00 bits per heavy atom. The third kappa shape index (κ3) is 3.27. The van der Waals surface area contributed by atoms with Crippen LogP contribution in [0, 0.1) is 6.92 Å². The Morgan fingerprint density at radius 1 is 1.56 bits per heavy atom. The van der Waals surface area contributed by atoms with Crippen LogP contribution in [0.2, 0.25) is 0 Å². The van der Waals surface area contributed by atoms with Gasteiger partial charge in [0.15, 0.2) is 0 Å². The second kappa shape index (κ2) is 5.59. The summed E-state index contributed by atoms with van der Waals surface area (Å²) in [6.45, 7) is 3.88. The summed E-state index contributed by atoms with van der Waals surface area (Å²) >= 11 is 1.65. The van der Waals surface area contributed by atoms with E-state index in [4.69, 9.17) is 0 Å². The number of hydrogen-bond donors (Lipinski definition) is 2. The van der Waals surface area contributed by atoms with Gasteiger partial charge in [0.05, 0.1) is 6.04 Å². The van der Waals surface area contributed by atoms with Crippen molar-refractivity contribution in [1.82, 2.24) is 20.5 Å². The van der Waals surface area contributed by atoms with Crippen LogP contribution in [0.5, 0.6) is 0 Å². The van der Waals surface area contributed by atoms with Gasteiger partial charge >= 0.3 is 0 Å². The number of thiophene rings is 1. The highest BCUT2D eigenvalue weighted by atomic mass is 32.1. The zero-order valence-corrected chi connectivity index (χ0v) is 11.0. The smallest absolute Gasteiger partial charge is 0.244 e. The average molecular weight is 262 g/mol. The van der Waals surface area contributed by atoms with Gasteiger partial charge in [0.25, 0.3) is 0 Å². The minimum atomic E-state index is -0.185. The first-order chi connectivity index (χ1) is 8.65. The molecule has 6 heteroatoms. The van der Waals surface area contributed by atoms with E-state index in [1.165, 1.54) is 17.3 Å². The van der Waals surface area contributed by atoms with E-state index in [0.717, 1.165) is 4.88 Å². The zero-order chi connectivity index (χ0) is 13.0. The lowest BCUT2D eigenvalue weighted by atomic mass is 10.3. The Labute approximate surface area is 109 Å². The normalized spacial score (nSPS) is 12.8. The first-order valence-corrected chi connectivity index (χ1v) is 6.37. The average Bonchev–Trinajstić information content (AvgIpc) is 2.97. The van der Waals surface area contributed by atoms with Crippen LogP contribution in [-0.2, 0) is 4.79 Å². The summed E-state index contributed by atoms with van der Waals surface area (Å²) in [6, 6.07) is 3.83. The van der Waals surface area contributed by atoms with Crippen molar-refractivity contribution in [3.05, 3.63) is 40.1 Å². The fourth-order valence-corrected chi connectivity index (χ4v) is 2.23. The van der Waals surface area contributed by atoms with Gasteiger partial charge in [0.1, 0.15) is 12.2 Å². The first-order valence-electron chi connectivity index (χ1n) is 5.55. The van der Waals surface area contributed by atoms with Gasteiger partial charge in [-0.25, -0.2) is 4.98 Å². The largest absolute Gasteiger partial charge is 0.343 e. The predicted octanol–water partition coefficient (Wildman–Crippen LogP) is 2.07. The third-order valence-electron chi connectivity index (χ3n) is 2.36. The monoisotopic (exact) mass is 262 g/mol. The molecule has 0 aliphatic heterocycles. The maximum atomic E-state index is 11.7. The molecule has 94 valence electrons. The topological polar surface area (TPSA) is 70.7 Å². The van der Waals surface area contributed by atoms with Crippen molar-refractivity contribution in [1.29, 1.82) is 0 Å². The fraction of sp³-hybridized carbons (Fsp3) is 0.250. The molecular weight excluding hydrogens is 248 g/mol. The van der Waals surface area contributed by atoms with Gasteiger partial charge in [0.2, 0.25) is 5.91 Å². The Morgan fingerprint density at radius 2 is 2.39 bits per heavy atom. The molecule has 0 aliphatic carbocycles. The molecule has 2 rings (SSSR count). The van der Waals surface area contributed by atoms with Crippen molar-refractivity contribution in [2.75, 3.05) is 0 Å². The summed E-state index contributed by atoms with van der Waals surface area (Å²) in [4.78, 5) is 18.0. The molecule has 0 spiro atoms. The molecule has 0 aliphatic rings. The van der Waals surface area contributed by atoms with E-state index >= 15 is 0 Å². The Hall–Kier alpha value is -1.95. The molecule has 0 aromatic carbocycles. The molecule has 0 radical (unpaired) electrons. The summed E-state index contributed by atoms with van der Waals surface area (Å²) < 4.78 is 0. The fourth-order valence-electron chi connectivity index (χ4n) is 1.45. The molecule has 0 saturated carbocycles. The lowest BCUT2D eigenvalue weighted by Gasteiger charge is -2.08. The molecule has 0 fully saturated rings. The number of aryl methyl sites for hydroxylation is 1. The molecular formula is C12H14N4OS. The maximum absolute atomic E-state index is 11.7. The summed E-state index contributed by atoms with van der Waals surface area (Å²) in [5.74, 6) is 0.494. The number of nitrogens with one attached hydrogen (secondary N) is 2. The van der Waals surface area contributed by atoms with Gasteiger partial charge in [-0.05, 0) is 32.1 Å². The Kier molecular flexibility index (Phi) is 3.88. The van der Waals surface area contributed by atoms with Gasteiger partial charge in [-0.15, -0.1) is 11.3 Å². The number of nitrogens with zero attached hydrogens (tertiary/aromatic N) is 2. The number of carbonyl (C=O) groups excluding carboxylic acids is 1. The minimum absolute atomic E-state index is 0.148. The molecule has 2 aromatic rings. The van der Waals surface area contributed by atoms with Crippen LogP contribution in [0.15, 0.2) is 24.5 Å². The van der Waals surface area contributed by atoms with E-state index in [1.54, 1.807) is 17.4 Å². The number of rotatable bonds is 4. The molecule has 0 saturated heterocycles. The molecule has 1 amide bonds. The van der Waals surface area contributed by atoms with Crippen molar-refractivity contribution in [3.8, 4) is 0 Å². The lowest BCUT2D eigenvalue weighted by molar-refractivity contribution is -0.117. The minimum Gasteiger partial charge on any atom is -0.343 e. The van der Waals surface area contributed by atoms with Gasteiger partial charge in [-0.3, -0.25) is 9.89 Å². The van der Waals surface area contributed by atoms with Gasteiger partial charge in [-0.1, -0.05) is 0 Å². The highest BCUT2D eigenvalue weighted by Gasteiger charge is 2.09. The number of amides is 1. The van der Waals surface area contributed by atoms with Crippen molar-refractivity contribution >= 4 is 23.3 Å². The maximum Gasteiger partial charge on any atom is 0.244 e. The van der Waals surface area contributed by atoms with Crippen molar-refractivity contribution in [3.63, 3.8) is 0 Å². The van der Waals surface area contributed by atoms with Crippen molar-refractivity contribution in [2.24, 2.45) is 0 Å². The van der Waals surface area contributed by atoms with Crippen LogP contribution in [0.25, 0.3) is 6.08 Å². The number of H-pyrrole nitrogens is 1. The van der Waals surface area contributed by atoms with Crippen LogP contribution >= 0.6 is 11.3 Å². The molecule has 18 heavy (non-hydrogen) atoms. The van der Waals surface area contributed by atoms with E-state index < -0.39 is 0 Å². The van der Waals surface area contributed by atoms with E-state index in [2.05, 4.69) is 20.5 Å². The summed E-state index contributed by atoms with van der Waals surface area (Å²) in [6.07, 6.45) is 4.75. The molecule has 2 aromatic heterocycles. The van der Waals surface area contributed by atoms with Crippen LogP contribution in [-0.4, -0.2) is 21.1 Å². The number of aromatic nitrogens is 3. The SMILES string of the molecule is Cc1ccc(/C=C/C(=O)NC(C)c2ncn[nH]2)s1. The first kappa shape index (κ1) is 12.5. The quantitative estimate of drug-likeness (QED) is 0.829. The number of hydrogen-bond acceptors (Lipinski definition) is 4. The standard InChI is InChI=1S/C12H14N4OS/c1-8-3-4-10(18-8)5-6-11(17)15-9(2)12-13-7-14-16-12/h3-7,9H,1-2H3,(H,15,17)(H,13,14,16)/b6-5+. The van der Waals surface area contributed by atoms with Crippen LogP contribution < -0.4 is 5.32 Å². The van der Waals surface area contributed by atoms with Gasteiger partial charge < -0.3 is 5.32 Å². The second-order valence-electron chi connectivity index (χ2n) is 3.88. The van der Waals surface area contributed by atoms with Crippen LogP contribution in [0.3, 0.4) is 0 Å².